The Bertz CT molecular complexity index is 714. The summed E-state index contributed by atoms with van der Waals surface area (Å²) in [4.78, 5) is 23.0. The number of aromatic carboxylic acids is 1. The highest BCUT2D eigenvalue weighted by molar-refractivity contribution is 9.10. The maximum atomic E-state index is 13.3. The van der Waals surface area contributed by atoms with E-state index in [-0.39, 0.29) is 11.1 Å². The molecule has 0 radical (unpaired) electrons. The maximum absolute atomic E-state index is 13.3. The monoisotopic (exact) mass is 415 g/mol. The van der Waals surface area contributed by atoms with Gasteiger partial charge in [0.1, 0.15) is 5.82 Å². The Morgan fingerprint density at radius 2 is 1.57 bits per heavy atom. The number of hydrogen-bond donors (Lipinski definition) is 2. The number of anilines is 1. The van der Waals surface area contributed by atoms with Crippen molar-refractivity contribution < 1.29 is 19.1 Å². The van der Waals surface area contributed by atoms with Crippen LogP contribution in [0.15, 0.2) is 45.3 Å². The highest BCUT2D eigenvalue weighted by atomic mass is 79.9. The maximum Gasteiger partial charge on any atom is 0.335 e. The second kappa shape index (κ2) is 6.36. The number of amides is 1. The quantitative estimate of drug-likeness (QED) is 0.783. The molecule has 21 heavy (non-hydrogen) atoms. The van der Waals surface area contributed by atoms with Crippen LogP contribution in [0.3, 0.4) is 0 Å². The van der Waals surface area contributed by atoms with Gasteiger partial charge >= 0.3 is 5.97 Å². The third-order valence-electron chi connectivity index (χ3n) is 2.53. The molecule has 0 bridgehead atoms. The van der Waals surface area contributed by atoms with E-state index in [9.17, 15) is 14.0 Å². The molecule has 7 heteroatoms. The van der Waals surface area contributed by atoms with Gasteiger partial charge in [0.25, 0.3) is 5.91 Å². The SMILES string of the molecule is O=C(O)c1cc(Br)cc(NC(=O)c2cc(F)cc(Br)c2)c1. The third kappa shape index (κ3) is 4.12. The molecule has 0 saturated carbocycles. The molecule has 0 fully saturated rings. The van der Waals surface area contributed by atoms with E-state index in [1.807, 2.05) is 0 Å². The predicted octanol–water partition coefficient (Wildman–Crippen LogP) is 4.30. The predicted molar refractivity (Wildman–Crippen MR) is 83.2 cm³/mol. The van der Waals surface area contributed by atoms with Crippen molar-refractivity contribution in [1.82, 2.24) is 0 Å². The van der Waals surface area contributed by atoms with Crippen molar-refractivity contribution >= 4 is 49.4 Å². The molecule has 4 nitrogen and oxygen atoms in total. The number of carbonyl (C=O) groups excluding carboxylic acids is 1. The number of benzene rings is 2. The molecule has 0 aliphatic heterocycles. The van der Waals surface area contributed by atoms with Gasteiger partial charge < -0.3 is 10.4 Å². The van der Waals surface area contributed by atoms with Gasteiger partial charge in [-0.15, -0.1) is 0 Å². The summed E-state index contributed by atoms with van der Waals surface area (Å²) < 4.78 is 14.2. The minimum atomic E-state index is -1.11. The topological polar surface area (TPSA) is 66.4 Å². The first-order chi connectivity index (χ1) is 9.85. The first-order valence-corrected chi connectivity index (χ1v) is 7.25. The van der Waals surface area contributed by atoms with Crippen LogP contribution in [-0.4, -0.2) is 17.0 Å². The molecule has 0 aromatic heterocycles. The lowest BCUT2D eigenvalue weighted by Crippen LogP contribution is -2.13. The molecule has 0 atom stereocenters. The van der Waals surface area contributed by atoms with Gasteiger partial charge in [0.2, 0.25) is 0 Å². The summed E-state index contributed by atoms with van der Waals surface area (Å²) in [5.74, 6) is -2.19. The minimum absolute atomic E-state index is 0.0279. The highest BCUT2D eigenvalue weighted by Gasteiger charge is 2.11. The molecule has 0 aliphatic carbocycles. The zero-order valence-electron chi connectivity index (χ0n) is 10.4. The van der Waals surface area contributed by atoms with E-state index >= 15 is 0 Å². The molecule has 2 rings (SSSR count). The van der Waals surface area contributed by atoms with E-state index in [0.29, 0.717) is 14.6 Å². The van der Waals surface area contributed by atoms with Crippen LogP contribution in [0.1, 0.15) is 20.7 Å². The van der Waals surface area contributed by atoms with Crippen molar-refractivity contribution in [3.8, 4) is 0 Å². The van der Waals surface area contributed by atoms with Crippen LogP contribution in [0.2, 0.25) is 0 Å². The van der Waals surface area contributed by atoms with Crippen LogP contribution >= 0.6 is 31.9 Å². The fourth-order valence-electron chi connectivity index (χ4n) is 1.67. The van der Waals surface area contributed by atoms with Crippen molar-refractivity contribution in [3.05, 3.63) is 62.3 Å². The molecule has 0 aliphatic rings. The molecule has 0 spiro atoms. The average Bonchev–Trinajstić information content (AvgIpc) is 2.36. The van der Waals surface area contributed by atoms with Gasteiger partial charge in [0, 0.05) is 20.2 Å². The summed E-state index contributed by atoms with van der Waals surface area (Å²) in [6.07, 6.45) is 0. The highest BCUT2D eigenvalue weighted by Crippen LogP contribution is 2.21. The van der Waals surface area contributed by atoms with Crippen molar-refractivity contribution in [2.45, 2.75) is 0 Å². The van der Waals surface area contributed by atoms with Crippen LogP contribution < -0.4 is 5.32 Å². The van der Waals surface area contributed by atoms with E-state index in [0.717, 1.165) is 6.07 Å². The van der Waals surface area contributed by atoms with Crippen LogP contribution in [0, 0.1) is 5.82 Å². The summed E-state index contributed by atoms with van der Waals surface area (Å²) >= 11 is 6.27. The van der Waals surface area contributed by atoms with Crippen LogP contribution in [0.5, 0.6) is 0 Å². The van der Waals surface area contributed by atoms with E-state index in [1.54, 1.807) is 6.07 Å². The summed E-state index contributed by atoms with van der Waals surface area (Å²) in [6.45, 7) is 0. The lowest BCUT2D eigenvalue weighted by atomic mass is 10.1. The van der Waals surface area contributed by atoms with Gasteiger partial charge in [-0.05, 0) is 36.4 Å². The first kappa shape index (κ1) is 15.7. The van der Waals surface area contributed by atoms with E-state index < -0.39 is 17.7 Å². The second-order valence-electron chi connectivity index (χ2n) is 4.15. The second-order valence-corrected chi connectivity index (χ2v) is 5.98. The molecule has 108 valence electrons. The lowest BCUT2D eigenvalue weighted by molar-refractivity contribution is 0.0696. The van der Waals surface area contributed by atoms with Crippen molar-refractivity contribution in [2.24, 2.45) is 0 Å². The van der Waals surface area contributed by atoms with E-state index in [4.69, 9.17) is 5.11 Å². The van der Waals surface area contributed by atoms with Crippen molar-refractivity contribution in [2.75, 3.05) is 5.32 Å². The summed E-state index contributed by atoms with van der Waals surface area (Å²) in [6, 6.07) is 8.08. The number of hydrogen-bond acceptors (Lipinski definition) is 2. The molecular weight excluding hydrogens is 409 g/mol. The van der Waals surface area contributed by atoms with Crippen molar-refractivity contribution in [1.29, 1.82) is 0 Å². The minimum Gasteiger partial charge on any atom is -0.478 e. The Hall–Kier alpha value is -1.73. The van der Waals surface area contributed by atoms with Gasteiger partial charge in [-0.25, -0.2) is 9.18 Å². The fourth-order valence-corrected chi connectivity index (χ4v) is 2.63. The fraction of sp³-hybridized carbons (Fsp3) is 0. The van der Waals surface area contributed by atoms with Crippen LogP contribution in [0.25, 0.3) is 0 Å². The lowest BCUT2D eigenvalue weighted by Gasteiger charge is -2.08. The number of carboxylic acid groups (broad SMARTS) is 1. The summed E-state index contributed by atoms with van der Waals surface area (Å²) in [5, 5.41) is 11.5. The number of nitrogens with one attached hydrogen (secondary N) is 1. The number of rotatable bonds is 3. The Morgan fingerprint density at radius 3 is 2.19 bits per heavy atom. The Labute approximate surface area is 136 Å². The number of carboxylic acids is 1. The summed E-state index contributed by atoms with van der Waals surface area (Å²) in [5.41, 5.74) is 0.450. The molecule has 0 unspecified atom stereocenters. The zero-order valence-corrected chi connectivity index (χ0v) is 13.5. The van der Waals surface area contributed by atoms with Gasteiger partial charge in [0.05, 0.1) is 5.56 Å². The normalized spacial score (nSPS) is 10.2. The summed E-state index contributed by atoms with van der Waals surface area (Å²) in [7, 11) is 0. The van der Waals surface area contributed by atoms with Gasteiger partial charge in [-0.2, -0.15) is 0 Å². The number of halogens is 3. The zero-order chi connectivity index (χ0) is 15.6. The molecule has 0 heterocycles. The third-order valence-corrected chi connectivity index (χ3v) is 3.44. The molecule has 2 aromatic carbocycles. The van der Waals surface area contributed by atoms with E-state index in [1.165, 1.54) is 24.3 Å². The van der Waals surface area contributed by atoms with Gasteiger partial charge in [0.15, 0.2) is 0 Å². The average molecular weight is 417 g/mol. The first-order valence-electron chi connectivity index (χ1n) is 5.66. The van der Waals surface area contributed by atoms with Gasteiger partial charge in [-0.3, -0.25) is 4.79 Å². The largest absolute Gasteiger partial charge is 0.478 e. The molecule has 0 saturated heterocycles. The Morgan fingerprint density at radius 1 is 0.952 bits per heavy atom. The van der Waals surface area contributed by atoms with Gasteiger partial charge in [-0.1, -0.05) is 31.9 Å². The van der Waals surface area contributed by atoms with Crippen molar-refractivity contribution in [3.63, 3.8) is 0 Å². The molecule has 2 N–H and O–H groups in total. The Kier molecular flexibility index (Phi) is 4.74. The van der Waals surface area contributed by atoms with Crippen LogP contribution in [-0.2, 0) is 0 Å². The van der Waals surface area contributed by atoms with E-state index in [2.05, 4.69) is 37.2 Å². The smallest absolute Gasteiger partial charge is 0.335 e. The molecule has 2 aromatic rings. The standard InChI is InChI=1S/C14H8Br2FNO3/c15-9-1-7(3-11(17)5-9)13(19)18-12-4-8(14(20)21)2-10(16)6-12/h1-6H,(H,18,19)(H,20,21). The van der Waals surface area contributed by atoms with Crippen LogP contribution in [0.4, 0.5) is 10.1 Å². The number of carbonyl (C=O) groups is 2. The Balaban J connectivity index is 2.29. The molecular formula is C14H8Br2FNO3. The molecule has 1 amide bonds.